The molecule has 8 rings (SSSR count). The van der Waals surface area contributed by atoms with E-state index in [1.54, 1.807) is 0 Å². The molecule has 0 aliphatic rings. The van der Waals surface area contributed by atoms with Gasteiger partial charge in [-0.05, 0) is 50.9 Å². The van der Waals surface area contributed by atoms with Crippen LogP contribution in [-0.4, -0.2) is 9.55 Å². The van der Waals surface area contributed by atoms with Crippen molar-refractivity contribution in [2.24, 2.45) is 0 Å². The van der Waals surface area contributed by atoms with Crippen molar-refractivity contribution in [1.82, 2.24) is 9.55 Å². The molecule has 0 unspecified atom stereocenters. The van der Waals surface area contributed by atoms with Gasteiger partial charge in [-0.1, -0.05) is 152 Å². The molecule has 0 aliphatic carbocycles. The molecule has 0 spiro atoms. The van der Waals surface area contributed by atoms with Gasteiger partial charge in [0.05, 0.1) is 11.4 Å². The second-order valence-corrected chi connectivity index (χ2v) is 10.8. The molecule has 0 bridgehead atoms. The normalized spacial score (nSPS) is 11.3. The lowest BCUT2D eigenvalue weighted by molar-refractivity contribution is 1.07. The fourth-order valence-corrected chi connectivity index (χ4v) is 6.21. The van der Waals surface area contributed by atoms with Crippen molar-refractivity contribution in [3.63, 3.8) is 0 Å². The Labute approximate surface area is 251 Å². The Hall–Kier alpha value is -5.73. The molecule has 0 saturated heterocycles. The number of rotatable bonds is 5. The van der Waals surface area contributed by atoms with Crippen molar-refractivity contribution in [3.05, 3.63) is 170 Å². The average Bonchev–Trinajstić information content (AvgIpc) is 3.49. The summed E-state index contributed by atoms with van der Waals surface area (Å²) in [7, 11) is 0. The molecule has 0 saturated carbocycles. The second kappa shape index (κ2) is 10.6. The highest BCUT2D eigenvalue weighted by Crippen LogP contribution is 2.40. The number of hydrogen-bond donors (Lipinski definition) is 0. The molecule has 2 heteroatoms. The second-order valence-electron chi connectivity index (χ2n) is 10.8. The maximum absolute atomic E-state index is 5.37. The third-order valence-corrected chi connectivity index (χ3v) is 8.19. The number of aromatic nitrogens is 2. The van der Waals surface area contributed by atoms with Crippen molar-refractivity contribution in [2.75, 3.05) is 0 Å². The fraction of sp³-hybridized carbons (Fsp3) is 0. The van der Waals surface area contributed by atoms with E-state index in [1.807, 2.05) is 0 Å². The Balaban J connectivity index is 1.36. The fourth-order valence-electron chi connectivity index (χ4n) is 6.21. The molecule has 0 fully saturated rings. The number of para-hydroxylation sites is 1. The summed E-state index contributed by atoms with van der Waals surface area (Å²) >= 11 is 0. The van der Waals surface area contributed by atoms with Gasteiger partial charge in [0.25, 0.3) is 0 Å². The minimum absolute atomic E-state index is 0.915. The topological polar surface area (TPSA) is 17.8 Å². The number of benzene rings is 7. The molecule has 0 atom stereocenters. The van der Waals surface area contributed by atoms with Crippen LogP contribution in [0.15, 0.2) is 170 Å². The Bertz CT molecular complexity index is 2140. The maximum Gasteiger partial charge on any atom is 0.145 e. The van der Waals surface area contributed by atoms with Crippen LogP contribution in [0.2, 0.25) is 0 Å². The molecule has 0 aliphatic heterocycles. The molecule has 1 heterocycles. The van der Waals surface area contributed by atoms with Crippen LogP contribution in [0, 0.1) is 0 Å². The molecular formula is C41H28N2. The number of imidazole rings is 1. The molecule has 202 valence electrons. The highest BCUT2D eigenvalue weighted by molar-refractivity contribution is 6.12. The van der Waals surface area contributed by atoms with E-state index < -0.39 is 0 Å². The van der Waals surface area contributed by atoms with Crippen molar-refractivity contribution < 1.29 is 0 Å². The molecule has 0 N–H and O–H groups in total. The van der Waals surface area contributed by atoms with E-state index in [4.69, 9.17) is 4.98 Å². The van der Waals surface area contributed by atoms with Gasteiger partial charge in [0.1, 0.15) is 5.82 Å². The Morgan fingerprint density at radius 2 is 0.884 bits per heavy atom. The Kier molecular flexibility index (Phi) is 6.16. The van der Waals surface area contributed by atoms with Gasteiger partial charge in [-0.3, -0.25) is 4.57 Å². The quantitative estimate of drug-likeness (QED) is 0.196. The molecular weight excluding hydrogens is 520 g/mol. The lowest BCUT2D eigenvalue weighted by Crippen LogP contribution is -2.00. The van der Waals surface area contributed by atoms with E-state index in [0.29, 0.717) is 0 Å². The van der Waals surface area contributed by atoms with E-state index in [1.165, 1.54) is 32.7 Å². The molecule has 0 radical (unpaired) electrons. The molecule has 0 amide bonds. The minimum Gasteiger partial charge on any atom is -0.292 e. The summed E-state index contributed by atoms with van der Waals surface area (Å²) in [6, 6.07) is 60.2. The molecule has 8 aromatic rings. The van der Waals surface area contributed by atoms with Gasteiger partial charge in [-0.2, -0.15) is 0 Å². The summed E-state index contributed by atoms with van der Waals surface area (Å²) < 4.78 is 2.31. The largest absolute Gasteiger partial charge is 0.292 e. The van der Waals surface area contributed by atoms with Gasteiger partial charge >= 0.3 is 0 Å². The summed E-state index contributed by atoms with van der Waals surface area (Å²) in [5.74, 6) is 0.915. The van der Waals surface area contributed by atoms with Gasteiger partial charge in [0.2, 0.25) is 0 Å². The van der Waals surface area contributed by atoms with Gasteiger partial charge in [-0.15, -0.1) is 0 Å². The lowest BCUT2D eigenvalue weighted by Gasteiger charge is -2.15. The summed E-state index contributed by atoms with van der Waals surface area (Å²) in [6.07, 6.45) is 0. The van der Waals surface area contributed by atoms with Crippen LogP contribution in [0.1, 0.15) is 0 Å². The summed E-state index contributed by atoms with van der Waals surface area (Å²) in [5, 5.41) is 5.02. The van der Waals surface area contributed by atoms with E-state index in [0.717, 1.165) is 39.6 Å². The molecule has 7 aromatic carbocycles. The van der Waals surface area contributed by atoms with Gasteiger partial charge < -0.3 is 0 Å². The third-order valence-electron chi connectivity index (χ3n) is 8.19. The van der Waals surface area contributed by atoms with Crippen LogP contribution in [-0.2, 0) is 0 Å². The zero-order valence-corrected chi connectivity index (χ0v) is 23.6. The van der Waals surface area contributed by atoms with Crippen LogP contribution >= 0.6 is 0 Å². The smallest absolute Gasteiger partial charge is 0.145 e. The first-order chi connectivity index (χ1) is 21.3. The van der Waals surface area contributed by atoms with Crippen LogP contribution in [0.4, 0.5) is 0 Å². The zero-order chi connectivity index (χ0) is 28.6. The van der Waals surface area contributed by atoms with Crippen LogP contribution < -0.4 is 0 Å². The first-order valence-electron chi connectivity index (χ1n) is 14.7. The molecule has 43 heavy (non-hydrogen) atoms. The Morgan fingerprint density at radius 3 is 1.49 bits per heavy atom. The first-order valence-corrected chi connectivity index (χ1v) is 14.7. The zero-order valence-electron chi connectivity index (χ0n) is 23.6. The van der Waals surface area contributed by atoms with E-state index >= 15 is 0 Å². The van der Waals surface area contributed by atoms with Crippen LogP contribution in [0.25, 0.3) is 72.3 Å². The van der Waals surface area contributed by atoms with Gasteiger partial charge in [0, 0.05) is 22.4 Å². The standard InChI is InChI=1S/C41H28N2/c1-4-14-30(15-5-1)39-40(31-16-6-2-7-17-31)43(35-20-8-3-9-21-35)41(42-39)32-26-24-29(25-27-32)38-36-22-12-10-18-33(36)28-34-19-11-13-23-37(34)38/h1-28H. The molecule has 2 nitrogen and oxygen atoms in total. The summed E-state index contributed by atoms with van der Waals surface area (Å²) in [4.78, 5) is 5.37. The highest BCUT2D eigenvalue weighted by Gasteiger charge is 2.22. The SMILES string of the molecule is c1ccc(-c2nc(-c3ccc(-c4c5ccccc5cc5ccccc45)cc3)n(-c3ccccc3)c2-c2ccccc2)cc1. The first kappa shape index (κ1) is 25.0. The van der Waals surface area contributed by atoms with Gasteiger partial charge in [-0.25, -0.2) is 4.98 Å². The highest BCUT2D eigenvalue weighted by atomic mass is 15.1. The number of hydrogen-bond acceptors (Lipinski definition) is 1. The minimum atomic E-state index is 0.915. The third kappa shape index (κ3) is 4.41. The van der Waals surface area contributed by atoms with Crippen molar-refractivity contribution in [2.45, 2.75) is 0 Å². The van der Waals surface area contributed by atoms with Gasteiger partial charge in [0.15, 0.2) is 0 Å². The van der Waals surface area contributed by atoms with Crippen molar-refractivity contribution in [1.29, 1.82) is 0 Å². The predicted octanol–water partition coefficient (Wildman–Crippen LogP) is 10.8. The van der Waals surface area contributed by atoms with Crippen molar-refractivity contribution >= 4 is 21.5 Å². The predicted molar refractivity (Wildman–Crippen MR) is 180 cm³/mol. The van der Waals surface area contributed by atoms with E-state index in [-0.39, 0.29) is 0 Å². The van der Waals surface area contributed by atoms with Crippen LogP contribution in [0.5, 0.6) is 0 Å². The average molecular weight is 549 g/mol. The monoisotopic (exact) mass is 548 g/mol. The summed E-state index contributed by atoms with van der Waals surface area (Å²) in [6.45, 7) is 0. The molecule has 1 aromatic heterocycles. The summed E-state index contributed by atoms with van der Waals surface area (Å²) in [5.41, 5.74) is 8.88. The van der Waals surface area contributed by atoms with E-state index in [2.05, 4.69) is 174 Å². The lowest BCUT2D eigenvalue weighted by atomic mass is 9.91. The number of fused-ring (bicyclic) bond motifs is 2. The number of nitrogens with zero attached hydrogens (tertiary/aromatic N) is 2. The maximum atomic E-state index is 5.37. The van der Waals surface area contributed by atoms with Crippen molar-refractivity contribution in [3.8, 4) is 50.7 Å². The van der Waals surface area contributed by atoms with Crippen LogP contribution in [0.3, 0.4) is 0 Å². The Morgan fingerprint density at radius 1 is 0.395 bits per heavy atom. The van der Waals surface area contributed by atoms with E-state index in [9.17, 15) is 0 Å².